The van der Waals surface area contributed by atoms with Crippen LogP contribution in [0.3, 0.4) is 0 Å². The summed E-state index contributed by atoms with van der Waals surface area (Å²) in [6.45, 7) is 0.518. The van der Waals surface area contributed by atoms with Gasteiger partial charge < -0.3 is 16.2 Å². The molecule has 0 amide bonds. The number of carboxylic acid groups (broad SMARTS) is 1. The Morgan fingerprint density at radius 1 is 1.56 bits per heavy atom. The van der Waals surface area contributed by atoms with E-state index in [0.29, 0.717) is 12.4 Å². The lowest BCUT2D eigenvalue weighted by molar-refractivity contribution is 0.0698. The molecule has 2 heterocycles. The van der Waals surface area contributed by atoms with Crippen molar-refractivity contribution >= 4 is 17.5 Å². The van der Waals surface area contributed by atoms with E-state index in [1.165, 1.54) is 12.3 Å². The van der Waals surface area contributed by atoms with E-state index in [4.69, 9.17) is 10.8 Å². The van der Waals surface area contributed by atoms with Gasteiger partial charge in [-0.15, -0.1) is 0 Å². The van der Waals surface area contributed by atoms with Crippen molar-refractivity contribution < 1.29 is 9.90 Å². The summed E-state index contributed by atoms with van der Waals surface area (Å²) in [5, 5.41) is 16.0. The normalized spacial score (nSPS) is 10.3. The third-order valence-corrected chi connectivity index (χ3v) is 2.40. The molecule has 7 heteroatoms. The molecule has 2 aromatic heterocycles. The van der Waals surface area contributed by atoms with Gasteiger partial charge in [0, 0.05) is 25.4 Å². The third-order valence-electron chi connectivity index (χ3n) is 2.40. The fraction of sp³-hybridized carbons (Fsp3) is 0.182. The summed E-state index contributed by atoms with van der Waals surface area (Å²) in [6.07, 6.45) is 4.92. The number of aryl methyl sites for hydroxylation is 1. The van der Waals surface area contributed by atoms with Gasteiger partial charge in [-0.25, -0.2) is 9.78 Å². The Hall–Kier alpha value is -2.57. The van der Waals surface area contributed by atoms with Crippen molar-refractivity contribution in [1.82, 2.24) is 14.8 Å². The number of hydrogen-bond donors (Lipinski definition) is 3. The van der Waals surface area contributed by atoms with Crippen LogP contribution >= 0.6 is 0 Å². The first-order valence-electron chi connectivity index (χ1n) is 5.26. The number of nitrogens with zero attached hydrogens (tertiary/aromatic N) is 3. The molecular weight excluding hydrogens is 234 g/mol. The quantitative estimate of drug-likeness (QED) is 0.734. The molecule has 0 saturated heterocycles. The smallest absolute Gasteiger partial charge is 0.337 e. The van der Waals surface area contributed by atoms with Gasteiger partial charge in [-0.1, -0.05) is 0 Å². The average molecular weight is 247 g/mol. The van der Waals surface area contributed by atoms with Crippen LogP contribution in [0.15, 0.2) is 24.7 Å². The van der Waals surface area contributed by atoms with E-state index in [9.17, 15) is 4.79 Å². The first-order chi connectivity index (χ1) is 8.56. The van der Waals surface area contributed by atoms with Gasteiger partial charge in [-0.05, 0) is 6.07 Å². The Kier molecular flexibility index (Phi) is 3.13. The van der Waals surface area contributed by atoms with Crippen molar-refractivity contribution in [3.8, 4) is 0 Å². The zero-order valence-electron chi connectivity index (χ0n) is 9.79. The molecule has 0 unspecified atom stereocenters. The predicted molar refractivity (Wildman–Crippen MR) is 66.1 cm³/mol. The third kappa shape index (κ3) is 2.57. The number of nitrogens with two attached hydrogens (primary N) is 1. The topological polar surface area (TPSA) is 106 Å². The Labute approximate surface area is 103 Å². The summed E-state index contributed by atoms with van der Waals surface area (Å²) in [4.78, 5) is 14.9. The van der Waals surface area contributed by atoms with Crippen LogP contribution in [-0.4, -0.2) is 25.8 Å². The van der Waals surface area contributed by atoms with E-state index >= 15 is 0 Å². The van der Waals surface area contributed by atoms with Crippen LogP contribution in [0.5, 0.6) is 0 Å². The molecule has 7 nitrogen and oxygen atoms in total. The van der Waals surface area contributed by atoms with Gasteiger partial charge in [0.1, 0.15) is 5.82 Å². The maximum Gasteiger partial charge on any atom is 0.337 e. The molecule has 0 saturated carbocycles. The summed E-state index contributed by atoms with van der Waals surface area (Å²) in [5.41, 5.74) is 6.68. The standard InChI is InChI=1S/C11H13N5O2/c1-16-6-7(4-15-16)3-13-10-2-8(11(17)18)9(12)5-14-10/h2,4-6H,3,12H2,1H3,(H,13,14)(H,17,18). The molecule has 18 heavy (non-hydrogen) atoms. The van der Waals surface area contributed by atoms with Crippen LogP contribution in [0.25, 0.3) is 0 Å². The van der Waals surface area contributed by atoms with Crippen molar-refractivity contribution in [3.05, 3.63) is 35.8 Å². The van der Waals surface area contributed by atoms with Crippen LogP contribution in [0.2, 0.25) is 0 Å². The number of carboxylic acids is 1. The molecule has 0 spiro atoms. The van der Waals surface area contributed by atoms with Gasteiger partial charge in [0.15, 0.2) is 0 Å². The molecular formula is C11H13N5O2. The number of nitrogens with one attached hydrogen (secondary N) is 1. The van der Waals surface area contributed by atoms with E-state index in [1.54, 1.807) is 10.9 Å². The van der Waals surface area contributed by atoms with Gasteiger partial charge in [-0.3, -0.25) is 4.68 Å². The maximum absolute atomic E-state index is 10.9. The first-order valence-corrected chi connectivity index (χ1v) is 5.26. The van der Waals surface area contributed by atoms with E-state index in [-0.39, 0.29) is 11.3 Å². The average Bonchev–Trinajstić information content (AvgIpc) is 2.74. The minimum Gasteiger partial charge on any atom is -0.478 e. The summed E-state index contributed by atoms with van der Waals surface area (Å²) in [6, 6.07) is 1.41. The lowest BCUT2D eigenvalue weighted by Crippen LogP contribution is -2.06. The molecule has 0 aromatic carbocycles. The Morgan fingerprint density at radius 2 is 2.33 bits per heavy atom. The number of aromatic nitrogens is 3. The predicted octanol–water partition coefficient (Wildman–Crippen LogP) is 0.708. The Bertz CT molecular complexity index is 579. The number of pyridine rings is 1. The number of hydrogen-bond acceptors (Lipinski definition) is 5. The highest BCUT2D eigenvalue weighted by Crippen LogP contribution is 2.15. The Balaban J connectivity index is 2.10. The van der Waals surface area contributed by atoms with Gasteiger partial charge in [0.05, 0.1) is 23.6 Å². The van der Waals surface area contributed by atoms with Gasteiger partial charge >= 0.3 is 5.97 Å². The molecule has 94 valence electrons. The minimum atomic E-state index is -1.07. The van der Waals surface area contributed by atoms with Crippen molar-refractivity contribution in [2.45, 2.75) is 6.54 Å². The van der Waals surface area contributed by atoms with E-state index in [2.05, 4.69) is 15.4 Å². The second-order valence-electron chi connectivity index (χ2n) is 3.84. The molecule has 0 atom stereocenters. The van der Waals surface area contributed by atoms with Crippen molar-refractivity contribution in [2.75, 3.05) is 11.1 Å². The zero-order chi connectivity index (χ0) is 13.1. The highest BCUT2D eigenvalue weighted by molar-refractivity contribution is 5.94. The molecule has 4 N–H and O–H groups in total. The van der Waals surface area contributed by atoms with E-state index < -0.39 is 5.97 Å². The van der Waals surface area contributed by atoms with Crippen LogP contribution in [0.4, 0.5) is 11.5 Å². The Morgan fingerprint density at radius 3 is 2.94 bits per heavy atom. The summed E-state index contributed by atoms with van der Waals surface area (Å²) < 4.78 is 1.69. The fourth-order valence-corrected chi connectivity index (χ4v) is 1.50. The molecule has 2 rings (SSSR count). The fourth-order valence-electron chi connectivity index (χ4n) is 1.50. The first kappa shape index (κ1) is 11.9. The van der Waals surface area contributed by atoms with Crippen molar-refractivity contribution in [3.63, 3.8) is 0 Å². The van der Waals surface area contributed by atoms with Gasteiger partial charge in [0.25, 0.3) is 0 Å². The van der Waals surface area contributed by atoms with E-state index in [1.807, 2.05) is 13.2 Å². The molecule has 0 aliphatic heterocycles. The number of aromatic carboxylic acids is 1. The van der Waals surface area contributed by atoms with Crippen LogP contribution in [-0.2, 0) is 13.6 Å². The van der Waals surface area contributed by atoms with Gasteiger partial charge in [-0.2, -0.15) is 5.10 Å². The SMILES string of the molecule is Cn1cc(CNc2cc(C(=O)O)c(N)cn2)cn1. The monoisotopic (exact) mass is 247 g/mol. The highest BCUT2D eigenvalue weighted by atomic mass is 16.4. The second-order valence-corrected chi connectivity index (χ2v) is 3.84. The molecule has 0 fully saturated rings. The summed E-state index contributed by atoms with van der Waals surface area (Å²) in [7, 11) is 1.83. The van der Waals surface area contributed by atoms with Crippen molar-refractivity contribution in [1.29, 1.82) is 0 Å². The highest BCUT2D eigenvalue weighted by Gasteiger charge is 2.09. The summed E-state index contributed by atoms with van der Waals surface area (Å²) in [5.74, 6) is -0.607. The van der Waals surface area contributed by atoms with E-state index in [0.717, 1.165) is 5.56 Å². The second kappa shape index (κ2) is 4.74. The van der Waals surface area contributed by atoms with Crippen LogP contribution < -0.4 is 11.1 Å². The number of nitrogen functional groups attached to an aromatic ring is 1. The maximum atomic E-state index is 10.9. The van der Waals surface area contributed by atoms with Crippen LogP contribution in [0.1, 0.15) is 15.9 Å². The largest absolute Gasteiger partial charge is 0.478 e. The zero-order valence-corrected chi connectivity index (χ0v) is 9.79. The number of rotatable bonds is 4. The van der Waals surface area contributed by atoms with Crippen molar-refractivity contribution in [2.24, 2.45) is 7.05 Å². The molecule has 0 radical (unpaired) electrons. The molecule has 0 aliphatic rings. The minimum absolute atomic E-state index is 0.0405. The van der Waals surface area contributed by atoms with Gasteiger partial charge in [0.2, 0.25) is 0 Å². The van der Waals surface area contributed by atoms with Crippen LogP contribution in [0, 0.1) is 0 Å². The lowest BCUT2D eigenvalue weighted by atomic mass is 10.2. The number of anilines is 2. The molecule has 0 bridgehead atoms. The number of carbonyl (C=O) groups is 1. The molecule has 0 aliphatic carbocycles. The molecule has 2 aromatic rings. The lowest BCUT2D eigenvalue weighted by Gasteiger charge is -2.06. The summed E-state index contributed by atoms with van der Waals surface area (Å²) >= 11 is 0.